The number of hydrogen-bond acceptors (Lipinski definition) is 3. The Labute approximate surface area is 104 Å². The van der Waals surface area contributed by atoms with Gasteiger partial charge in [-0.3, -0.25) is 4.79 Å². The second-order valence-corrected chi connectivity index (χ2v) is 5.17. The Hall–Kier alpha value is -0.610. The number of nitrogens with one attached hydrogen (secondary N) is 2. The van der Waals surface area contributed by atoms with Gasteiger partial charge >= 0.3 is 0 Å². The van der Waals surface area contributed by atoms with Crippen LogP contribution < -0.4 is 10.6 Å². The zero-order valence-corrected chi connectivity index (χ0v) is 11.3. The number of hydrogen-bond donors (Lipinski definition) is 2. The Kier molecular flexibility index (Phi) is 6.52. The summed E-state index contributed by atoms with van der Waals surface area (Å²) in [6.07, 6.45) is 2.93. The molecule has 100 valence electrons. The van der Waals surface area contributed by atoms with Gasteiger partial charge in [-0.05, 0) is 38.8 Å². The lowest BCUT2D eigenvalue weighted by Crippen LogP contribution is -2.37. The molecule has 0 saturated carbocycles. The Morgan fingerprint density at radius 3 is 2.59 bits per heavy atom. The topological polar surface area (TPSA) is 50.4 Å². The number of amides is 1. The maximum Gasteiger partial charge on any atom is 0.222 e. The van der Waals surface area contributed by atoms with Crippen molar-refractivity contribution in [1.82, 2.24) is 10.6 Å². The Morgan fingerprint density at radius 1 is 1.35 bits per heavy atom. The van der Waals surface area contributed by atoms with Crippen LogP contribution in [0.1, 0.15) is 40.0 Å². The van der Waals surface area contributed by atoms with Crippen LogP contribution in [0.4, 0.5) is 0 Å². The summed E-state index contributed by atoms with van der Waals surface area (Å²) in [6.45, 7) is 8.85. The molecule has 2 N–H and O–H groups in total. The molecule has 0 aromatic heterocycles. The van der Waals surface area contributed by atoms with Crippen LogP contribution in [-0.2, 0) is 9.53 Å². The molecule has 17 heavy (non-hydrogen) atoms. The zero-order chi connectivity index (χ0) is 12.7. The van der Waals surface area contributed by atoms with Gasteiger partial charge in [0.2, 0.25) is 5.91 Å². The quantitative estimate of drug-likeness (QED) is 0.738. The van der Waals surface area contributed by atoms with Gasteiger partial charge < -0.3 is 15.4 Å². The van der Waals surface area contributed by atoms with Crippen molar-refractivity contribution >= 4 is 5.91 Å². The van der Waals surface area contributed by atoms with E-state index in [1.54, 1.807) is 0 Å². The summed E-state index contributed by atoms with van der Waals surface area (Å²) in [4.78, 5) is 11.6. The first-order valence-electron chi connectivity index (χ1n) is 6.71. The van der Waals surface area contributed by atoms with E-state index in [1.807, 2.05) is 6.92 Å². The molecule has 0 aliphatic carbocycles. The maximum atomic E-state index is 11.6. The van der Waals surface area contributed by atoms with E-state index in [-0.39, 0.29) is 11.9 Å². The number of rotatable bonds is 6. The highest BCUT2D eigenvalue weighted by atomic mass is 16.5. The van der Waals surface area contributed by atoms with Gasteiger partial charge in [0.25, 0.3) is 0 Å². The molecule has 1 amide bonds. The van der Waals surface area contributed by atoms with E-state index in [0.29, 0.717) is 25.0 Å². The van der Waals surface area contributed by atoms with Crippen LogP contribution in [0.3, 0.4) is 0 Å². The van der Waals surface area contributed by atoms with Crippen molar-refractivity contribution in [2.75, 3.05) is 19.7 Å². The molecule has 0 radical (unpaired) electrons. The van der Waals surface area contributed by atoms with Crippen LogP contribution in [0, 0.1) is 5.92 Å². The fourth-order valence-corrected chi connectivity index (χ4v) is 1.77. The van der Waals surface area contributed by atoms with Crippen LogP contribution in [-0.4, -0.2) is 37.7 Å². The second kappa shape index (κ2) is 7.67. The molecule has 0 aromatic rings. The highest BCUT2D eigenvalue weighted by Crippen LogP contribution is 2.07. The number of piperidine rings is 1. The molecule has 1 unspecified atom stereocenters. The van der Waals surface area contributed by atoms with Crippen molar-refractivity contribution < 1.29 is 9.53 Å². The van der Waals surface area contributed by atoms with Crippen molar-refractivity contribution in [3.8, 4) is 0 Å². The summed E-state index contributed by atoms with van der Waals surface area (Å²) in [5.41, 5.74) is 0. The molecule has 0 bridgehead atoms. The van der Waals surface area contributed by atoms with Crippen molar-refractivity contribution in [2.45, 2.75) is 52.2 Å². The third-order valence-corrected chi connectivity index (χ3v) is 3.36. The van der Waals surface area contributed by atoms with E-state index in [4.69, 9.17) is 4.74 Å². The summed E-state index contributed by atoms with van der Waals surface area (Å²) >= 11 is 0. The standard InChI is InChI=1S/C13H26N2O2/c1-10(2)11(3)15-13(16)6-9-17-12-4-7-14-8-5-12/h10-12,14H,4-9H2,1-3H3,(H,15,16). The third-order valence-electron chi connectivity index (χ3n) is 3.36. The smallest absolute Gasteiger partial charge is 0.222 e. The van der Waals surface area contributed by atoms with Crippen LogP contribution in [0.25, 0.3) is 0 Å². The van der Waals surface area contributed by atoms with Crippen LogP contribution >= 0.6 is 0 Å². The lowest BCUT2D eigenvalue weighted by molar-refractivity contribution is -0.123. The van der Waals surface area contributed by atoms with Gasteiger partial charge in [-0.25, -0.2) is 0 Å². The lowest BCUT2D eigenvalue weighted by atomic mass is 10.1. The largest absolute Gasteiger partial charge is 0.378 e. The zero-order valence-electron chi connectivity index (χ0n) is 11.3. The molecular formula is C13H26N2O2. The fraction of sp³-hybridized carbons (Fsp3) is 0.923. The van der Waals surface area contributed by atoms with E-state index in [2.05, 4.69) is 24.5 Å². The van der Waals surface area contributed by atoms with Crippen molar-refractivity contribution in [3.05, 3.63) is 0 Å². The highest BCUT2D eigenvalue weighted by Gasteiger charge is 2.14. The van der Waals surface area contributed by atoms with Crippen molar-refractivity contribution in [2.24, 2.45) is 5.92 Å². The number of carbonyl (C=O) groups is 1. The highest BCUT2D eigenvalue weighted by molar-refractivity contribution is 5.76. The van der Waals surface area contributed by atoms with Crippen LogP contribution in [0.2, 0.25) is 0 Å². The minimum atomic E-state index is 0.0973. The molecule has 4 heteroatoms. The average Bonchev–Trinajstić information content (AvgIpc) is 2.30. The van der Waals surface area contributed by atoms with Crippen molar-refractivity contribution in [3.63, 3.8) is 0 Å². The lowest BCUT2D eigenvalue weighted by Gasteiger charge is -2.23. The number of ether oxygens (including phenoxy) is 1. The predicted molar refractivity (Wildman–Crippen MR) is 68.9 cm³/mol. The van der Waals surface area contributed by atoms with E-state index in [1.165, 1.54) is 0 Å². The van der Waals surface area contributed by atoms with Gasteiger partial charge in [0.05, 0.1) is 12.7 Å². The van der Waals surface area contributed by atoms with E-state index in [0.717, 1.165) is 25.9 Å². The first kappa shape index (κ1) is 14.5. The fourth-order valence-electron chi connectivity index (χ4n) is 1.77. The molecule has 1 saturated heterocycles. The summed E-state index contributed by atoms with van der Waals surface area (Å²) in [7, 11) is 0. The van der Waals surface area contributed by atoms with Gasteiger partial charge in [-0.2, -0.15) is 0 Å². The van der Waals surface area contributed by atoms with Gasteiger partial charge in [-0.1, -0.05) is 13.8 Å². The van der Waals surface area contributed by atoms with E-state index >= 15 is 0 Å². The molecule has 1 fully saturated rings. The third kappa shape index (κ3) is 6.03. The van der Waals surface area contributed by atoms with Gasteiger partial charge in [-0.15, -0.1) is 0 Å². The molecule has 1 aliphatic heterocycles. The van der Waals surface area contributed by atoms with Crippen molar-refractivity contribution in [1.29, 1.82) is 0 Å². The second-order valence-electron chi connectivity index (χ2n) is 5.17. The van der Waals surface area contributed by atoms with E-state index < -0.39 is 0 Å². The molecular weight excluding hydrogens is 216 g/mol. The number of carbonyl (C=O) groups excluding carboxylic acids is 1. The summed E-state index contributed by atoms with van der Waals surface area (Å²) in [5.74, 6) is 0.574. The maximum absolute atomic E-state index is 11.6. The minimum absolute atomic E-state index is 0.0973. The molecule has 0 spiro atoms. The minimum Gasteiger partial charge on any atom is -0.378 e. The van der Waals surface area contributed by atoms with Crippen LogP contribution in [0.15, 0.2) is 0 Å². The Bertz CT molecular complexity index is 225. The summed E-state index contributed by atoms with van der Waals surface area (Å²) < 4.78 is 5.69. The molecule has 1 aliphatic rings. The SMILES string of the molecule is CC(C)C(C)NC(=O)CCOC1CCNCC1. The van der Waals surface area contributed by atoms with Gasteiger partial charge in [0.1, 0.15) is 0 Å². The first-order valence-corrected chi connectivity index (χ1v) is 6.71. The molecule has 0 aromatic carbocycles. The first-order chi connectivity index (χ1) is 8.09. The average molecular weight is 242 g/mol. The molecule has 1 heterocycles. The van der Waals surface area contributed by atoms with Gasteiger partial charge in [0.15, 0.2) is 0 Å². The summed E-state index contributed by atoms with van der Waals surface area (Å²) in [6, 6.07) is 0.237. The normalized spacial score (nSPS) is 19.3. The Morgan fingerprint density at radius 2 is 2.00 bits per heavy atom. The predicted octanol–water partition coefficient (Wildman–Crippen LogP) is 1.31. The monoisotopic (exact) mass is 242 g/mol. The molecule has 1 atom stereocenters. The van der Waals surface area contributed by atoms with Crippen LogP contribution in [0.5, 0.6) is 0 Å². The molecule has 1 rings (SSSR count). The van der Waals surface area contributed by atoms with E-state index in [9.17, 15) is 4.79 Å². The summed E-state index contributed by atoms with van der Waals surface area (Å²) in [5, 5.41) is 6.28. The molecule has 4 nitrogen and oxygen atoms in total. The Balaban J connectivity index is 2.07. The van der Waals surface area contributed by atoms with Gasteiger partial charge in [0, 0.05) is 12.5 Å².